The monoisotopic (exact) mass is 246 g/mol. The van der Waals surface area contributed by atoms with Crippen molar-refractivity contribution in [3.63, 3.8) is 0 Å². The van der Waals surface area contributed by atoms with Crippen LogP contribution in [0.2, 0.25) is 0 Å². The molecule has 1 fully saturated rings. The Morgan fingerprint density at radius 1 is 1.54 bits per heavy atom. The van der Waals surface area contributed by atoms with Gasteiger partial charge in [0.25, 0.3) is 4.80 Å². The molecule has 1 aliphatic carbocycles. The molecule has 0 radical (unpaired) electrons. The van der Waals surface area contributed by atoms with Crippen molar-refractivity contribution in [2.24, 2.45) is 0 Å². The lowest BCUT2D eigenvalue weighted by atomic mass is 9.77. The molecule has 1 aromatic rings. The van der Waals surface area contributed by atoms with Crippen molar-refractivity contribution in [3.8, 4) is 0 Å². The third-order valence-corrected chi connectivity index (χ3v) is 2.93. The molecule has 2 rings (SSSR count). The Labute approximate surface area is 84.8 Å². The number of ether oxygens (including phenoxy) is 1. The highest BCUT2D eigenvalue weighted by Crippen LogP contribution is 2.37. The zero-order chi connectivity index (χ0) is 9.31. The van der Waals surface area contributed by atoms with Gasteiger partial charge in [-0.2, -0.15) is 0 Å². The van der Waals surface area contributed by atoms with E-state index in [1.54, 1.807) is 7.11 Å². The van der Waals surface area contributed by atoms with Gasteiger partial charge >= 0.3 is 0 Å². The predicted molar refractivity (Wildman–Crippen MR) is 49.3 cm³/mol. The number of halogens is 1. The Hall–Kier alpha value is -0.420. The highest BCUT2D eigenvalue weighted by Gasteiger charge is 2.38. The minimum Gasteiger partial charge on any atom is -0.416 e. The number of hydrogen-bond acceptors (Lipinski definition) is 4. The van der Waals surface area contributed by atoms with Crippen LogP contribution in [0.1, 0.15) is 25.2 Å². The molecule has 1 aliphatic rings. The van der Waals surface area contributed by atoms with Crippen LogP contribution in [0, 0.1) is 0 Å². The second-order valence-electron chi connectivity index (χ2n) is 3.37. The smallest absolute Gasteiger partial charge is 0.284 e. The Kier molecular flexibility index (Phi) is 2.38. The normalized spacial score (nSPS) is 19.8. The van der Waals surface area contributed by atoms with E-state index in [-0.39, 0.29) is 5.60 Å². The number of methoxy groups -OCH3 is 1. The van der Waals surface area contributed by atoms with E-state index >= 15 is 0 Å². The van der Waals surface area contributed by atoms with E-state index < -0.39 is 0 Å². The molecule has 5 heteroatoms. The number of aromatic nitrogens is 2. The van der Waals surface area contributed by atoms with Crippen LogP contribution >= 0.6 is 15.9 Å². The van der Waals surface area contributed by atoms with Crippen molar-refractivity contribution < 1.29 is 9.15 Å². The Balaban J connectivity index is 2.04. The molecular weight excluding hydrogens is 236 g/mol. The van der Waals surface area contributed by atoms with Crippen LogP contribution in [0.3, 0.4) is 0 Å². The molecule has 0 aromatic carbocycles. The molecule has 1 heterocycles. The first-order valence-corrected chi connectivity index (χ1v) is 5.06. The van der Waals surface area contributed by atoms with E-state index in [0.717, 1.165) is 19.3 Å². The van der Waals surface area contributed by atoms with Crippen LogP contribution in [-0.2, 0) is 11.2 Å². The quantitative estimate of drug-likeness (QED) is 0.818. The average molecular weight is 247 g/mol. The van der Waals surface area contributed by atoms with Gasteiger partial charge in [-0.15, -0.1) is 10.2 Å². The zero-order valence-electron chi connectivity index (χ0n) is 7.42. The summed E-state index contributed by atoms with van der Waals surface area (Å²) in [5, 5.41) is 7.62. The Morgan fingerprint density at radius 3 is 2.69 bits per heavy atom. The molecule has 0 spiro atoms. The molecule has 0 saturated heterocycles. The lowest BCUT2D eigenvalue weighted by Gasteiger charge is -2.39. The fraction of sp³-hybridized carbons (Fsp3) is 0.750. The molecule has 0 unspecified atom stereocenters. The van der Waals surface area contributed by atoms with Gasteiger partial charge in [0.2, 0.25) is 5.89 Å². The van der Waals surface area contributed by atoms with E-state index in [9.17, 15) is 0 Å². The molecule has 1 aromatic heterocycles. The topological polar surface area (TPSA) is 48.2 Å². The van der Waals surface area contributed by atoms with Crippen molar-refractivity contribution in [2.45, 2.75) is 31.3 Å². The summed E-state index contributed by atoms with van der Waals surface area (Å²) in [5.41, 5.74) is -0.0357. The van der Waals surface area contributed by atoms with Gasteiger partial charge in [-0.1, -0.05) is 0 Å². The first kappa shape index (κ1) is 9.15. The third-order valence-electron chi connectivity index (χ3n) is 2.61. The maximum atomic E-state index is 5.44. The first-order chi connectivity index (χ1) is 6.24. The van der Waals surface area contributed by atoms with Gasteiger partial charge in [-0.05, 0) is 19.3 Å². The molecule has 0 aliphatic heterocycles. The van der Waals surface area contributed by atoms with E-state index in [1.165, 1.54) is 6.42 Å². The lowest BCUT2D eigenvalue weighted by Crippen LogP contribution is -2.41. The highest BCUT2D eigenvalue weighted by molar-refractivity contribution is 9.10. The van der Waals surface area contributed by atoms with Crippen molar-refractivity contribution in [1.29, 1.82) is 0 Å². The molecular formula is C8H11BrN2O2. The largest absolute Gasteiger partial charge is 0.416 e. The van der Waals surface area contributed by atoms with Gasteiger partial charge in [-0.3, -0.25) is 0 Å². The fourth-order valence-electron chi connectivity index (χ4n) is 1.60. The van der Waals surface area contributed by atoms with Gasteiger partial charge in [0.1, 0.15) is 0 Å². The second-order valence-corrected chi connectivity index (χ2v) is 4.04. The van der Waals surface area contributed by atoms with Crippen LogP contribution in [0.4, 0.5) is 0 Å². The van der Waals surface area contributed by atoms with Gasteiger partial charge in [0.05, 0.1) is 12.0 Å². The van der Waals surface area contributed by atoms with Crippen LogP contribution < -0.4 is 0 Å². The van der Waals surface area contributed by atoms with Crippen molar-refractivity contribution in [3.05, 3.63) is 10.7 Å². The number of hydrogen-bond donors (Lipinski definition) is 0. The number of nitrogens with zero attached hydrogens (tertiary/aromatic N) is 2. The SMILES string of the molecule is COC1(Cc2nnc(Br)o2)CCC1. The summed E-state index contributed by atoms with van der Waals surface area (Å²) in [5.74, 6) is 0.647. The van der Waals surface area contributed by atoms with Gasteiger partial charge in [0.15, 0.2) is 0 Å². The van der Waals surface area contributed by atoms with Gasteiger partial charge < -0.3 is 9.15 Å². The van der Waals surface area contributed by atoms with E-state index in [0.29, 0.717) is 10.7 Å². The minimum atomic E-state index is -0.0357. The third kappa shape index (κ3) is 1.76. The van der Waals surface area contributed by atoms with Crippen LogP contribution in [-0.4, -0.2) is 22.9 Å². The second kappa shape index (κ2) is 3.38. The molecule has 0 atom stereocenters. The standard InChI is InChI=1S/C8H11BrN2O2/c1-12-8(3-2-4-8)5-6-10-11-7(9)13-6/h2-5H2,1H3. The van der Waals surface area contributed by atoms with Crippen molar-refractivity contribution >= 4 is 15.9 Å². The average Bonchev–Trinajstić information content (AvgIpc) is 2.44. The van der Waals surface area contributed by atoms with Crippen molar-refractivity contribution in [2.75, 3.05) is 7.11 Å². The molecule has 0 bridgehead atoms. The molecule has 4 nitrogen and oxygen atoms in total. The van der Waals surface area contributed by atoms with Crippen LogP contribution in [0.25, 0.3) is 0 Å². The summed E-state index contributed by atoms with van der Waals surface area (Å²) < 4.78 is 10.7. The summed E-state index contributed by atoms with van der Waals surface area (Å²) in [4.78, 5) is 0.438. The molecule has 0 amide bonds. The van der Waals surface area contributed by atoms with Crippen molar-refractivity contribution in [1.82, 2.24) is 10.2 Å². The zero-order valence-corrected chi connectivity index (χ0v) is 9.00. The van der Waals surface area contributed by atoms with Gasteiger partial charge in [0, 0.05) is 23.0 Å². The fourth-order valence-corrected chi connectivity index (χ4v) is 1.87. The number of rotatable bonds is 3. The maximum Gasteiger partial charge on any atom is 0.284 e. The predicted octanol–water partition coefficient (Wildman–Crippen LogP) is 1.94. The summed E-state index contributed by atoms with van der Waals surface area (Å²) in [6.07, 6.45) is 4.12. The lowest BCUT2D eigenvalue weighted by molar-refractivity contribution is -0.0746. The summed E-state index contributed by atoms with van der Waals surface area (Å²) in [7, 11) is 1.74. The summed E-state index contributed by atoms with van der Waals surface area (Å²) >= 11 is 3.12. The molecule has 13 heavy (non-hydrogen) atoms. The first-order valence-electron chi connectivity index (χ1n) is 4.27. The van der Waals surface area contributed by atoms with E-state index in [4.69, 9.17) is 9.15 Å². The molecule has 72 valence electrons. The maximum absolute atomic E-state index is 5.44. The summed E-state index contributed by atoms with van der Waals surface area (Å²) in [6, 6.07) is 0. The molecule has 0 N–H and O–H groups in total. The Morgan fingerprint density at radius 2 is 2.31 bits per heavy atom. The Bertz CT molecular complexity index is 291. The van der Waals surface area contributed by atoms with E-state index in [2.05, 4.69) is 26.1 Å². The van der Waals surface area contributed by atoms with Gasteiger partial charge in [-0.25, -0.2) is 0 Å². The highest BCUT2D eigenvalue weighted by atomic mass is 79.9. The van der Waals surface area contributed by atoms with E-state index in [1.807, 2.05) is 0 Å². The molecule has 1 saturated carbocycles. The van der Waals surface area contributed by atoms with Crippen LogP contribution in [0.5, 0.6) is 0 Å². The van der Waals surface area contributed by atoms with Crippen LogP contribution in [0.15, 0.2) is 9.22 Å². The summed E-state index contributed by atoms with van der Waals surface area (Å²) in [6.45, 7) is 0. The minimum absolute atomic E-state index is 0.0357.